The van der Waals surface area contributed by atoms with Crippen molar-refractivity contribution in [2.24, 2.45) is 4.99 Å². The number of nitrogens with one attached hydrogen (secondary N) is 2. The molecule has 0 saturated carbocycles. The third kappa shape index (κ3) is 6.80. The van der Waals surface area contributed by atoms with Gasteiger partial charge in [0.1, 0.15) is 18.1 Å². The Morgan fingerprint density at radius 3 is 2.77 bits per heavy atom. The van der Waals surface area contributed by atoms with Crippen LogP contribution >= 0.6 is 0 Å². The number of aliphatic imine (C=N–C) groups is 1. The number of nitrogens with zero attached hydrogens (tertiary/aromatic N) is 1. The van der Waals surface area contributed by atoms with Gasteiger partial charge in [0, 0.05) is 26.7 Å². The van der Waals surface area contributed by atoms with E-state index in [9.17, 15) is 0 Å². The van der Waals surface area contributed by atoms with Crippen LogP contribution in [0.25, 0.3) is 0 Å². The zero-order valence-corrected chi connectivity index (χ0v) is 15.9. The number of methoxy groups -OCH3 is 1. The fourth-order valence-electron chi connectivity index (χ4n) is 2.59. The average molecular weight is 359 g/mol. The molecule has 0 aliphatic heterocycles. The second kappa shape index (κ2) is 11.2. The minimum absolute atomic E-state index is 0.512. The Labute approximate surface area is 155 Å². The van der Waals surface area contributed by atoms with Gasteiger partial charge in [-0.15, -0.1) is 0 Å². The first-order chi connectivity index (χ1) is 12.7. The van der Waals surface area contributed by atoms with Crippen molar-refractivity contribution >= 4 is 5.96 Å². The Bertz CT molecular complexity index is 669. The highest BCUT2D eigenvalue weighted by Crippen LogP contribution is 2.19. The first kappa shape index (κ1) is 19.8. The molecular formula is C20H29N3O3. The number of furan rings is 1. The molecule has 0 spiro atoms. The largest absolute Gasteiger partial charge is 0.496 e. The molecule has 0 aliphatic rings. The van der Waals surface area contributed by atoms with E-state index in [-0.39, 0.29) is 0 Å². The van der Waals surface area contributed by atoms with Gasteiger partial charge in [0.25, 0.3) is 0 Å². The van der Waals surface area contributed by atoms with E-state index < -0.39 is 0 Å². The van der Waals surface area contributed by atoms with E-state index in [1.165, 1.54) is 11.1 Å². The Morgan fingerprint density at radius 1 is 1.19 bits per heavy atom. The molecule has 0 aliphatic carbocycles. The van der Waals surface area contributed by atoms with Crippen LogP contribution in [0.2, 0.25) is 0 Å². The predicted octanol–water partition coefficient (Wildman–Crippen LogP) is 2.91. The van der Waals surface area contributed by atoms with E-state index in [0.717, 1.165) is 43.4 Å². The Hall–Kier alpha value is -2.47. The SMILES string of the molecule is CN=C(NCCCOCc1ccco1)NCCc1cc(C)ccc1OC. The second-order valence-electron chi connectivity index (χ2n) is 5.98. The third-order valence-electron chi connectivity index (χ3n) is 3.93. The minimum Gasteiger partial charge on any atom is -0.496 e. The molecule has 0 fully saturated rings. The van der Waals surface area contributed by atoms with Gasteiger partial charge in [0.05, 0.1) is 13.4 Å². The summed E-state index contributed by atoms with van der Waals surface area (Å²) in [6.45, 7) is 4.86. The van der Waals surface area contributed by atoms with Gasteiger partial charge < -0.3 is 24.5 Å². The van der Waals surface area contributed by atoms with Crippen LogP contribution in [-0.2, 0) is 17.8 Å². The molecule has 0 amide bonds. The smallest absolute Gasteiger partial charge is 0.190 e. The van der Waals surface area contributed by atoms with Crippen LogP contribution < -0.4 is 15.4 Å². The second-order valence-corrected chi connectivity index (χ2v) is 5.98. The molecule has 1 aromatic heterocycles. The molecule has 0 radical (unpaired) electrons. The van der Waals surface area contributed by atoms with E-state index >= 15 is 0 Å². The Balaban J connectivity index is 1.61. The first-order valence-electron chi connectivity index (χ1n) is 8.91. The van der Waals surface area contributed by atoms with Crippen molar-refractivity contribution in [3.63, 3.8) is 0 Å². The number of benzene rings is 1. The average Bonchev–Trinajstić information content (AvgIpc) is 3.16. The van der Waals surface area contributed by atoms with E-state index in [1.807, 2.05) is 18.2 Å². The molecule has 6 heteroatoms. The number of guanidine groups is 1. The summed E-state index contributed by atoms with van der Waals surface area (Å²) in [5.41, 5.74) is 2.43. The molecule has 1 heterocycles. The third-order valence-corrected chi connectivity index (χ3v) is 3.93. The summed E-state index contributed by atoms with van der Waals surface area (Å²) in [4.78, 5) is 4.25. The van der Waals surface area contributed by atoms with Crippen molar-refractivity contribution in [1.82, 2.24) is 10.6 Å². The van der Waals surface area contributed by atoms with Crippen molar-refractivity contribution in [2.75, 3.05) is 33.9 Å². The fraction of sp³-hybridized carbons (Fsp3) is 0.450. The Morgan fingerprint density at radius 2 is 2.04 bits per heavy atom. The molecular weight excluding hydrogens is 330 g/mol. The van der Waals surface area contributed by atoms with Crippen LogP contribution in [0.3, 0.4) is 0 Å². The quantitative estimate of drug-likeness (QED) is 0.388. The Kier molecular flexibility index (Phi) is 8.55. The summed E-state index contributed by atoms with van der Waals surface area (Å²) < 4.78 is 16.2. The molecule has 26 heavy (non-hydrogen) atoms. The van der Waals surface area contributed by atoms with Crippen LogP contribution in [0.4, 0.5) is 0 Å². The van der Waals surface area contributed by atoms with Crippen LogP contribution in [0.15, 0.2) is 46.0 Å². The fourth-order valence-corrected chi connectivity index (χ4v) is 2.59. The van der Waals surface area contributed by atoms with Gasteiger partial charge in [-0.1, -0.05) is 17.7 Å². The summed E-state index contributed by atoms with van der Waals surface area (Å²) in [5, 5.41) is 6.62. The molecule has 1 aromatic carbocycles. The van der Waals surface area contributed by atoms with Crippen LogP contribution in [-0.4, -0.2) is 39.8 Å². The standard InChI is InChI=1S/C20H29N3O3/c1-16-7-8-19(24-3)17(14-16)9-11-23-20(21-2)22-10-5-12-25-15-18-6-4-13-26-18/h4,6-8,13-14H,5,9-12,15H2,1-3H3,(H2,21,22,23). The molecule has 6 nitrogen and oxygen atoms in total. The van der Waals surface area contributed by atoms with Crippen LogP contribution in [0.5, 0.6) is 5.75 Å². The molecule has 0 unspecified atom stereocenters. The van der Waals surface area contributed by atoms with E-state index in [0.29, 0.717) is 13.2 Å². The maximum atomic E-state index is 5.56. The topological polar surface area (TPSA) is 68.0 Å². The summed E-state index contributed by atoms with van der Waals surface area (Å²) >= 11 is 0. The highest BCUT2D eigenvalue weighted by atomic mass is 16.5. The molecule has 2 aromatic rings. The number of hydrogen-bond donors (Lipinski definition) is 2. The van der Waals surface area contributed by atoms with Gasteiger partial charge in [-0.3, -0.25) is 4.99 Å². The predicted molar refractivity (Wildman–Crippen MR) is 104 cm³/mol. The monoisotopic (exact) mass is 359 g/mol. The molecule has 0 bridgehead atoms. The van der Waals surface area contributed by atoms with Crippen molar-refractivity contribution in [3.8, 4) is 5.75 Å². The lowest BCUT2D eigenvalue weighted by Crippen LogP contribution is -2.39. The maximum Gasteiger partial charge on any atom is 0.190 e. The van der Waals surface area contributed by atoms with Gasteiger partial charge in [-0.25, -0.2) is 0 Å². The van der Waals surface area contributed by atoms with Gasteiger partial charge in [0.15, 0.2) is 5.96 Å². The van der Waals surface area contributed by atoms with Gasteiger partial charge in [-0.05, 0) is 43.5 Å². The molecule has 2 rings (SSSR count). The normalized spacial score (nSPS) is 11.4. The van der Waals surface area contributed by atoms with Crippen LogP contribution in [0, 0.1) is 6.92 Å². The van der Waals surface area contributed by atoms with Gasteiger partial charge >= 0.3 is 0 Å². The first-order valence-corrected chi connectivity index (χ1v) is 8.91. The maximum absolute atomic E-state index is 5.56. The highest BCUT2D eigenvalue weighted by Gasteiger charge is 2.04. The number of rotatable bonds is 10. The summed E-state index contributed by atoms with van der Waals surface area (Å²) in [6, 6.07) is 10.0. The number of aryl methyl sites for hydroxylation is 1. The van der Waals surface area contributed by atoms with Crippen molar-refractivity contribution in [3.05, 3.63) is 53.5 Å². The molecule has 0 saturated heterocycles. The molecule has 2 N–H and O–H groups in total. The van der Waals surface area contributed by atoms with Crippen molar-refractivity contribution in [1.29, 1.82) is 0 Å². The summed E-state index contributed by atoms with van der Waals surface area (Å²) in [6.07, 6.45) is 3.42. The minimum atomic E-state index is 0.512. The zero-order valence-electron chi connectivity index (χ0n) is 15.9. The molecule has 142 valence electrons. The van der Waals surface area contributed by atoms with Gasteiger partial charge in [-0.2, -0.15) is 0 Å². The number of ether oxygens (including phenoxy) is 2. The number of hydrogen-bond acceptors (Lipinski definition) is 4. The summed E-state index contributed by atoms with van der Waals surface area (Å²) in [7, 11) is 3.48. The van der Waals surface area contributed by atoms with Crippen LogP contribution in [0.1, 0.15) is 23.3 Å². The van der Waals surface area contributed by atoms with E-state index in [4.69, 9.17) is 13.9 Å². The van der Waals surface area contributed by atoms with Crippen molar-refractivity contribution in [2.45, 2.75) is 26.4 Å². The summed E-state index contributed by atoms with van der Waals surface area (Å²) in [5.74, 6) is 2.57. The zero-order chi connectivity index (χ0) is 18.6. The lowest BCUT2D eigenvalue weighted by molar-refractivity contribution is 0.105. The highest BCUT2D eigenvalue weighted by molar-refractivity contribution is 5.79. The van der Waals surface area contributed by atoms with E-state index in [1.54, 1.807) is 20.4 Å². The van der Waals surface area contributed by atoms with Crippen molar-refractivity contribution < 1.29 is 13.9 Å². The lowest BCUT2D eigenvalue weighted by atomic mass is 10.1. The lowest BCUT2D eigenvalue weighted by Gasteiger charge is -2.13. The van der Waals surface area contributed by atoms with Gasteiger partial charge in [0.2, 0.25) is 0 Å². The van der Waals surface area contributed by atoms with E-state index in [2.05, 4.69) is 34.7 Å². The molecule has 0 atom stereocenters.